The third kappa shape index (κ3) is 5.91. The van der Waals surface area contributed by atoms with Crippen LogP contribution in [0.15, 0.2) is 146 Å². The Morgan fingerprint density at radius 3 is 1.39 bits per heavy atom. The summed E-state index contributed by atoms with van der Waals surface area (Å²) in [6.07, 6.45) is 0. The van der Waals surface area contributed by atoms with Crippen molar-refractivity contribution in [3.8, 4) is 56.4 Å². The second-order valence-corrected chi connectivity index (χ2v) is 9.95. The molecule has 0 heterocycles. The number of carboxylic acid groups (broad SMARTS) is 2. The van der Waals surface area contributed by atoms with E-state index in [1.165, 1.54) is 24.3 Å². The summed E-state index contributed by atoms with van der Waals surface area (Å²) in [4.78, 5) is 22.7. The molecule has 0 fully saturated rings. The van der Waals surface area contributed by atoms with Crippen molar-refractivity contribution in [3.63, 3.8) is 0 Å². The Hall–Kier alpha value is -6.14. The molecule has 44 heavy (non-hydrogen) atoms. The van der Waals surface area contributed by atoms with Crippen molar-refractivity contribution in [1.82, 2.24) is 0 Å². The van der Waals surface area contributed by atoms with Crippen LogP contribution in [-0.4, -0.2) is 22.2 Å². The van der Waals surface area contributed by atoms with Gasteiger partial charge in [0.1, 0.15) is 23.0 Å². The summed E-state index contributed by atoms with van der Waals surface area (Å²) in [5, 5.41) is 18.6. The average molecular weight is 579 g/mol. The first kappa shape index (κ1) is 28.0. The van der Waals surface area contributed by atoms with Crippen LogP contribution in [0.1, 0.15) is 20.7 Å². The number of hydrogen-bond donors (Lipinski definition) is 2. The minimum atomic E-state index is -1.00. The molecule has 0 radical (unpaired) electrons. The quantitative estimate of drug-likeness (QED) is 0.177. The first-order valence-corrected chi connectivity index (χ1v) is 13.9. The Morgan fingerprint density at radius 2 is 0.841 bits per heavy atom. The smallest absolute Gasteiger partial charge is 0.335 e. The van der Waals surface area contributed by atoms with E-state index in [2.05, 4.69) is 18.2 Å². The normalized spacial score (nSPS) is 10.6. The zero-order chi connectivity index (χ0) is 30.5. The molecule has 0 spiro atoms. The minimum absolute atomic E-state index is 0.177. The highest BCUT2D eigenvalue weighted by atomic mass is 16.5. The fraction of sp³-hybridized carbons (Fsp3) is 0. The zero-order valence-corrected chi connectivity index (χ0v) is 23.4. The molecule has 214 valence electrons. The second-order valence-electron chi connectivity index (χ2n) is 9.95. The summed E-state index contributed by atoms with van der Waals surface area (Å²) >= 11 is 0. The average Bonchev–Trinajstić information content (AvgIpc) is 3.06. The Morgan fingerprint density at radius 1 is 0.409 bits per heavy atom. The van der Waals surface area contributed by atoms with Crippen molar-refractivity contribution in [2.24, 2.45) is 0 Å². The molecule has 2 N–H and O–H groups in total. The van der Waals surface area contributed by atoms with E-state index in [9.17, 15) is 19.8 Å². The van der Waals surface area contributed by atoms with E-state index < -0.39 is 11.9 Å². The van der Waals surface area contributed by atoms with Gasteiger partial charge in [0.25, 0.3) is 0 Å². The first-order valence-electron chi connectivity index (χ1n) is 13.9. The van der Waals surface area contributed by atoms with Crippen molar-refractivity contribution in [2.45, 2.75) is 0 Å². The van der Waals surface area contributed by atoms with E-state index >= 15 is 0 Å². The summed E-state index contributed by atoms with van der Waals surface area (Å²) in [5.74, 6) is 0.217. The van der Waals surface area contributed by atoms with Crippen LogP contribution in [0.5, 0.6) is 23.0 Å². The van der Waals surface area contributed by atoms with Crippen molar-refractivity contribution >= 4 is 11.9 Å². The lowest BCUT2D eigenvalue weighted by Gasteiger charge is -2.20. The van der Waals surface area contributed by atoms with Gasteiger partial charge in [-0.25, -0.2) is 9.59 Å². The summed E-state index contributed by atoms with van der Waals surface area (Å²) in [6.45, 7) is 0. The molecule has 6 nitrogen and oxygen atoms in total. The van der Waals surface area contributed by atoms with Gasteiger partial charge in [-0.05, 0) is 77.4 Å². The van der Waals surface area contributed by atoms with Crippen LogP contribution < -0.4 is 9.47 Å². The Bertz CT molecular complexity index is 1950. The lowest BCUT2D eigenvalue weighted by molar-refractivity contribution is 0.0686. The van der Waals surface area contributed by atoms with E-state index in [-0.39, 0.29) is 11.1 Å². The number of carboxylic acids is 2. The largest absolute Gasteiger partial charge is 0.478 e. The van der Waals surface area contributed by atoms with Crippen molar-refractivity contribution in [2.75, 3.05) is 0 Å². The summed E-state index contributed by atoms with van der Waals surface area (Å²) < 4.78 is 12.7. The predicted molar refractivity (Wildman–Crippen MR) is 170 cm³/mol. The van der Waals surface area contributed by atoms with Gasteiger partial charge in [-0.1, -0.05) is 84.9 Å². The van der Waals surface area contributed by atoms with Gasteiger partial charge < -0.3 is 19.7 Å². The van der Waals surface area contributed by atoms with Crippen LogP contribution >= 0.6 is 0 Å². The predicted octanol–water partition coefficient (Wildman–Crippen LogP) is 9.67. The van der Waals surface area contributed by atoms with Crippen molar-refractivity contribution < 1.29 is 29.3 Å². The topological polar surface area (TPSA) is 93.1 Å². The van der Waals surface area contributed by atoms with Crippen LogP contribution in [0, 0.1) is 0 Å². The molecule has 0 bridgehead atoms. The summed E-state index contributed by atoms with van der Waals surface area (Å²) in [5.41, 5.74) is 5.87. The number of benzene rings is 6. The van der Waals surface area contributed by atoms with Gasteiger partial charge in [-0.15, -0.1) is 0 Å². The highest BCUT2D eigenvalue weighted by Gasteiger charge is 2.20. The number of ether oxygens (including phenoxy) is 2. The van der Waals surface area contributed by atoms with Crippen LogP contribution in [0.2, 0.25) is 0 Å². The Kier molecular flexibility index (Phi) is 7.88. The molecular weight excluding hydrogens is 552 g/mol. The minimum Gasteiger partial charge on any atom is -0.478 e. The van der Waals surface area contributed by atoms with Gasteiger partial charge in [0.05, 0.1) is 11.1 Å². The molecule has 0 aromatic heterocycles. The lowest BCUT2D eigenvalue weighted by atomic mass is 9.87. The Balaban J connectivity index is 1.50. The maximum atomic E-state index is 11.4. The molecule has 0 atom stereocenters. The van der Waals surface area contributed by atoms with Gasteiger partial charge >= 0.3 is 11.9 Å². The highest BCUT2D eigenvalue weighted by Crippen LogP contribution is 2.47. The number of carbonyl (C=O) groups is 2. The molecule has 0 saturated carbocycles. The molecule has 0 unspecified atom stereocenters. The second kappa shape index (κ2) is 12.4. The van der Waals surface area contributed by atoms with Gasteiger partial charge in [0, 0.05) is 16.7 Å². The molecule has 0 saturated heterocycles. The third-order valence-electron chi connectivity index (χ3n) is 7.14. The van der Waals surface area contributed by atoms with E-state index in [1.54, 1.807) is 24.3 Å². The monoisotopic (exact) mass is 578 g/mol. The Labute approximate surface area is 254 Å². The number of hydrogen-bond acceptors (Lipinski definition) is 4. The molecular formula is C38H26O6. The summed E-state index contributed by atoms with van der Waals surface area (Å²) in [7, 11) is 0. The van der Waals surface area contributed by atoms with Gasteiger partial charge in [-0.2, -0.15) is 0 Å². The number of rotatable bonds is 9. The van der Waals surface area contributed by atoms with E-state index in [4.69, 9.17) is 9.47 Å². The third-order valence-corrected chi connectivity index (χ3v) is 7.14. The zero-order valence-electron chi connectivity index (χ0n) is 23.4. The molecule has 6 heteroatoms. The molecule has 0 aliphatic rings. The molecule has 6 aromatic carbocycles. The van der Waals surface area contributed by atoms with Crippen LogP contribution in [0.3, 0.4) is 0 Å². The molecule has 0 aliphatic heterocycles. The SMILES string of the molecule is O=C(O)c1ccc(Oc2ccccc2-c2cccc(-c3ccccc3)c2-c2ccccc2Oc2ccc(C(=O)O)cc2)cc1. The molecule has 6 aromatic rings. The summed E-state index contributed by atoms with van der Waals surface area (Å²) in [6, 6.07) is 44.3. The van der Waals surface area contributed by atoms with Crippen LogP contribution in [-0.2, 0) is 0 Å². The van der Waals surface area contributed by atoms with Gasteiger partial charge in [0.15, 0.2) is 0 Å². The van der Waals surface area contributed by atoms with E-state index in [0.29, 0.717) is 23.0 Å². The van der Waals surface area contributed by atoms with Crippen LogP contribution in [0.4, 0.5) is 0 Å². The standard InChI is InChI=1S/C38H26O6/c39-37(40)26-17-21-28(22-18-26)43-34-15-6-4-11-31(34)32-14-8-13-30(25-9-2-1-3-10-25)36(32)33-12-5-7-16-35(33)44-29-23-19-27(20-24-29)38(41)42/h1-24H,(H,39,40)(H,41,42). The van der Waals surface area contributed by atoms with E-state index in [1.807, 2.05) is 78.9 Å². The van der Waals surface area contributed by atoms with E-state index in [0.717, 1.165) is 33.4 Å². The molecule has 0 aliphatic carbocycles. The number of para-hydroxylation sites is 2. The van der Waals surface area contributed by atoms with Crippen molar-refractivity contribution in [3.05, 3.63) is 157 Å². The molecule has 0 amide bonds. The highest BCUT2D eigenvalue weighted by molar-refractivity contribution is 5.97. The fourth-order valence-corrected chi connectivity index (χ4v) is 5.05. The maximum Gasteiger partial charge on any atom is 0.335 e. The molecule has 6 rings (SSSR count). The first-order chi connectivity index (χ1) is 21.5. The number of aromatic carboxylic acids is 2. The maximum absolute atomic E-state index is 11.4. The van der Waals surface area contributed by atoms with Gasteiger partial charge in [0.2, 0.25) is 0 Å². The van der Waals surface area contributed by atoms with Crippen molar-refractivity contribution in [1.29, 1.82) is 0 Å². The van der Waals surface area contributed by atoms with Gasteiger partial charge in [-0.3, -0.25) is 0 Å². The lowest BCUT2D eigenvalue weighted by Crippen LogP contribution is -1.97. The fourth-order valence-electron chi connectivity index (χ4n) is 5.05. The van der Waals surface area contributed by atoms with Crippen LogP contribution in [0.25, 0.3) is 33.4 Å².